The first-order valence-corrected chi connectivity index (χ1v) is 8.22. The van der Waals surface area contributed by atoms with E-state index in [4.69, 9.17) is 0 Å². The highest BCUT2D eigenvalue weighted by Gasteiger charge is 2.41. The molecule has 1 N–H and O–H groups in total. The third-order valence-corrected chi connectivity index (χ3v) is 5.41. The molecule has 2 heterocycles. The highest BCUT2D eigenvalue weighted by molar-refractivity contribution is 7.10. The molecule has 3 nitrogen and oxygen atoms in total. The first-order chi connectivity index (χ1) is 9.30. The van der Waals surface area contributed by atoms with E-state index in [0.717, 1.165) is 19.6 Å². The van der Waals surface area contributed by atoms with Gasteiger partial charge in [-0.3, -0.25) is 4.79 Å². The fraction of sp³-hybridized carbons (Fsp3) is 0.667. The Morgan fingerprint density at radius 3 is 2.95 bits per heavy atom. The van der Waals surface area contributed by atoms with E-state index >= 15 is 0 Å². The van der Waals surface area contributed by atoms with E-state index in [-0.39, 0.29) is 5.54 Å². The van der Waals surface area contributed by atoms with Gasteiger partial charge in [-0.15, -0.1) is 11.3 Å². The summed E-state index contributed by atoms with van der Waals surface area (Å²) in [6.07, 6.45) is 6.80. The van der Waals surface area contributed by atoms with Crippen LogP contribution in [0.25, 0.3) is 0 Å². The zero-order chi connectivity index (χ0) is 13.1. The molecule has 1 saturated carbocycles. The van der Waals surface area contributed by atoms with Gasteiger partial charge in [0.2, 0.25) is 5.91 Å². The summed E-state index contributed by atoms with van der Waals surface area (Å²) < 4.78 is 0. The minimum atomic E-state index is 0.116. The van der Waals surface area contributed by atoms with E-state index in [1.807, 2.05) is 6.07 Å². The second-order valence-corrected chi connectivity index (χ2v) is 6.80. The molecule has 1 aliphatic carbocycles. The van der Waals surface area contributed by atoms with E-state index in [1.165, 1.54) is 37.0 Å². The maximum absolute atomic E-state index is 12.6. The minimum Gasteiger partial charge on any atom is -0.334 e. The molecule has 1 amide bonds. The number of amides is 1. The van der Waals surface area contributed by atoms with Gasteiger partial charge in [0.05, 0.1) is 12.0 Å². The molecule has 1 aromatic rings. The Kier molecular flexibility index (Phi) is 3.89. The summed E-state index contributed by atoms with van der Waals surface area (Å²) in [5.41, 5.74) is 0.116. The Labute approximate surface area is 119 Å². The fourth-order valence-corrected chi connectivity index (χ4v) is 4.24. The molecule has 0 radical (unpaired) electrons. The van der Waals surface area contributed by atoms with Gasteiger partial charge in [-0.1, -0.05) is 25.3 Å². The van der Waals surface area contributed by atoms with Crippen LogP contribution in [0.4, 0.5) is 0 Å². The number of nitrogens with one attached hydrogen (secondary N) is 1. The molecule has 0 atom stereocenters. The molecule has 1 aromatic heterocycles. The summed E-state index contributed by atoms with van der Waals surface area (Å²) in [6.45, 7) is 2.81. The molecule has 0 aromatic carbocycles. The minimum absolute atomic E-state index is 0.116. The smallest absolute Gasteiger partial charge is 0.228 e. The molecular weight excluding hydrogens is 256 g/mol. The summed E-state index contributed by atoms with van der Waals surface area (Å²) in [7, 11) is 0. The van der Waals surface area contributed by atoms with E-state index in [9.17, 15) is 4.79 Å². The van der Waals surface area contributed by atoms with Crippen molar-refractivity contribution in [2.24, 2.45) is 0 Å². The average molecular weight is 278 g/mol. The number of hydrogen-bond acceptors (Lipinski definition) is 3. The predicted molar refractivity (Wildman–Crippen MR) is 78.4 cm³/mol. The molecule has 19 heavy (non-hydrogen) atoms. The molecule has 0 unspecified atom stereocenters. The van der Waals surface area contributed by atoms with Crippen molar-refractivity contribution in [1.82, 2.24) is 10.2 Å². The Morgan fingerprint density at radius 1 is 1.37 bits per heavy atom. The van der Waals surface area contributed by atoms with Gasteiger partial charge in [0.1, 0.15) is 0 Å². The number of thiophene rings is 1. The number of hydrogen-bond donors (Lipinski definition) is 1. The molecule has 3 rings (SSSR count). The van der Waals surface area contributed by atoms with Crippen molar-refractivity contribution < 1.29 is 4.79 Å². The number of nitrogens with zero attached hydrogens (tertiary/aromatic N) is 1. The summed E-state index contributed by atoms with van der Waals surface area (Å²) in [5, 5.41) is 5.55. The van der Waals surface area contributed by atoms with Crippen molar-refractivity contribution in [1.29, 1.82) is 0 Å². The van der Waals surface area contributed by atoms with E-state index < -0.39 is 0 Å². The molecule has 2 fully saturated rings. The predicted octanol–water partition coefficient (Wildman–Crippen LogP) is 2.43. The lowest BCUT2D eigenvalue weighted by Crippen LogP contribution is -2.63. The Hall–Kier alpha value is -0.870. The van der Waals surface area contributed by atoms with Crippen molar-refractivity contribution >= 4 is 17.2 Å². The fourth-order valence-electron chi connectivity index (χ4n) is 3.55. The van der Waals surface area contributed by atoms with Gasteiger partial charge in [-0.25, -0.2) is 0 Å². The molecule has 1 saturated heterocycles. The first kappa shape index (κ1) is 13.1. The quantitative estimate of drug-likeness (QED) is 0.901. The number of rotatable bonds is 2. The maximum Gasteiger partial charge on any atom is 0.228 e. The average Bonchev–Trinajstić information content (AvgIpc) is 2.93. The first-order valence-electron chi connectivity index (χ1n) is 7.34. The largest absolute Gasteiger partial charge is 0.334 e. The van der Waals surface area contributed by atoms with Crippen LogP contribution in [-0.4, -0.2) is 36.0 Å². The van der Waals surface area contributed by atoms with Crippen LogP contribution >= 0.6 is 11.3 Å². The zero-order valence-electron chi connectivity index (χ0n) is 11.4. The van der Waals surface area contributed by atoms with Crippen LogP contribution in [0.3, 0.4) is 0 Å². The normalized spacial score (nSPS) is 22.6. The Morgan fingerprint density at radius 2 is 2.21 bits per heavy atom. The second kappa shape index (κ2) is 5.63. The zero-order valence-corrected chi connectivity index (χ0v) is 12.2. The molecule has 1 aliphatic heterocycles. The Bertz CT molecular complexity index is 415. The summed E-state index contributed by atoms with van der Waals surface area (Å²) in [6, 6.07) is 4.10. The number of piperazine rings is 1. The van der Waals surface area contributed by atoms with Gasteiger partial charge >= 0.3 is 0 Å². The van der Waals surface area contributed by atoms with Crippen LogP contribution in [0, 0.1) is 0 Å². The second-order valence-electron chi connectivity index (χ2n) is 5.76. The standard InChI is InChI=1S/C15H22N2OS/c18-14(11-13-5-4-10-19-13)17-9-8-16-12-15(17)6-2-1-3-7-15/h4-5,10,16H,1-3,6-9,11-12H2. The lowest BCUT2D eigenvalue weighted by molar-refractivity contribution is -0.140. The number of carbonyl (C=O) groups is 1. The monoisotopic (exact) mass is 278 g/mol. The van der Waals surface area contributed by atoms with Crippen LogP contribution in [0.1, 0.15) is 37.0 Å². The highest BCUT2D eigenvalue weighted by atomic mass is 32.1. The van der Waals surface area contributed by atoms with E-state index in [0.29, 0.717) is 12.3 Å². The van der Waals surface area contributed by atoms with Crippen molar-refractivity contribution in [3.8, 4) is 0 Å². The molecular formula is C15H22N2OS. The van der Waals surface area contributed by atoms with Gasteiger partial charge < -0.3 is 10.2 Å². The van der Waals surface area contributed by atoms with E-state index in [1.54, 1.807) is 11.3 Å². The SMILES string of the molecule is O=C(Cc1cccs1)N1CCNCC12CCCCC2. The van der Waals surface area contributed by atoms with Crippen LogP contribution in [0.5, 0.6) is 0 Å². The summed E-state index contributed by atoms with van der Waals surface area (Å²) >= 11 is 1.69. The Balaban J connectivity index is 1.74. The van der Waals surface area contributed by atoms with Gasteiger partial charge in [-0.2, -0.15) is 0 Å². The van der Waals surface area contributed by atoms with Crippen LogP contribution in [0.15, 0.2) is 17.5 Å². The van der Waals surface area contributed by atoms with E-state index in [2.05, 4.69) is 21.7 Å². The lowest BCUT2D eigenvalue weighted by Gasteiger charge is -2.50. The van der Waals surface area contributed by atoms with Gasteiger partial charge in [-0.05, 0) is 24.3 Å². The van der Waals surface area contributed by atoms with Crippen molar-refractivity contribution in [3.05, 3.63) is 22.4 Å². The molecule has 104 valence electrons. The van der Waals surface area contributed by atoms with Crippen molar-refractivity contribution in [2.45, 2.75) is 44.1 Å². The summed E-state index contributed by atoms with van der Waals surface area (Å²) in [4.78, 5) is 16.0. The van der Waals surface area contributed by atoms with Crippen LogP contribution < -0.4 is 5.32 Å². The summed E-state index contributed by atoms with van der Waals surface area (Å²) in [5.74, 6) is 0.325. The molecule has 1 spiro atoms. The molecule has 2 aliphatic rings. The van der Waals surface area contributed by atoms with Crippen LogP contribution in [-0.2, 0) is 11.2 Å². The van der Waals surface area contributed by atoms with Gasteiger partial charge in [0, 0.05) is 24.5 Å². The lowest BCUT2D eigenvalue weighted by atomic mass is 9.79. The van der Waals surface area contributed by atoms with Gasteiger partial charge in [0.15, 0.2) is 0 Å². The third kappa shape index (κ3) is 2.70. The van der Waals surface area contributed by atoms with Gasteiger partial charge in [0.25, 0.3) is 0 Å². The third-order valence-electron chi connectivity index (χ3n) is 4.53. The van der Waals surface area contributed by atoms with Crippen molar-refractivity contribution in [3.63, 3.8) is 0 Å². The molecule has 4 heteroatoms. The van der Waals surface area contributed by atoms with Crippen LogP contribution in [0.2, 0.25) is 0 Å². The maximum atomic E-state index is 12.6. The van der Waals surface area contributed by atoms with Crippen molar-refractivity contribution in [2.75, 3.05) is 19.6 Å². The molecule has 0 bridgehead atoms. The topological polar surface area (TPSA) is 32.3 Å². The highest BCUT2D eigenvalue weighted by Crippen LogP contribution is 2.35. The number of carbonyl (C=O) groups excluding carboxylic acids is 1.